The van der Waals surface area contributed by atoms with Gasteiger partial charge in [0.25, 0.3) is 5.56 Å². The summed E-state index contributed by atoms with van der Waals surface area (Å²) in [7, 11) is 0. The minimum absolute atomic E-state index is 0.0318. The Hall–Kier alpha value is -2.99. The summed E-state index contributed by atoms with van der Waals surface area (Å²) in [6.07, 6.45) is 4.99. The van der Waals surface area contributed by atoms with Gasteiger partial charge in [-0.25, -0.2) is 0 Å². The van der Waals surface area contributed by atoms with Crippen LogP contribution in [0.2, 0.25) is 0 Å². The first kappa shape index (κ1) is 19.8. The number of hydrogen-bond donors (Lipinski definition) is 1. The lowest BCUT2D eigenvalue weighted by Gasteiger charge is -2.12. The Bertz CT molecular complexity index is 1140. The Morgan fingerprint density at radius 3 is 2.64 bits per heavy atom. The summed E-state index contributed by atoms with van der Waals surface area (Å²) in [5, 5.41) is 0. The monoisotopic (exact) mass is 394 g/mol. The highest BCUT2D eigenvalue weighted by Gasteiger charge is 2.18. The number of benzene rings is 1. The van der Waals surface area contributed by atoms with Crippen molar-refractivity contribution in [2.24, 2.45) is 5.41 Å². The Kier molecular flexibility index (Phi) is 5.90. The summed E-state index contributed by atoms with van der Waals surface area (Å²) in [6.45, 7) is 5.88. The Labute approximate surface area is 167 Å². The Morgan fingerprint density at radius 1 is 1.18 bits per heavy atom. The molecule has 0 saturated carbocycles. The van der Waals surface area contributed by atoms with Crippen molar-refractivity contribution in [2.75, 3.05) is 0 Å². The lowest BCUT2D eigenvalue weighted by atomic mass is 9.91. The van der Waals surface area contributed by atoms with Gasteiger partial charge in [-0.15, -0.1) is 11.3 Å². The van der Waals surface area contributed by atoms with E-state index in [9.17, 15) is 9.59 Å². The molecule has 0 fully saturated rings. The summed E-state index contributed by atoms with van der Waals surface area (Å²) < 4.78 is 6.95. The second kappa shape index (κ2) is 8.35. The number of para-hydroxylation sites is 1. The topological polar surface area (TPSA) is 72.0 Å². The van der Waals surface area contributed by atoms with Crippen LogP contribution in [0, 0.1) is 5.41 Å². The number of aromatic amines is 1. The summed E-state index contributed by atoms with van der Waals surface area (Å²) in [4.78, 5) is 31.5. The van der Waals surface area contributed by atoms with E-state index < -0.39 is 5.41 Å². The molecule has 0 spiro atoms. The van der Waals surface area contributed by atoms with Crippen LogP contribution < -0.4 is 19.5 Å². The number of ketones is 1. The van der Waals surface area contributed by atoms with Gasteiger partial charge in [-0.3, -0.25) is 14.6 Å². The van der Waals surface area contributed by atoms with E-state index in [0.717, 1.165) is 11.3 Å². The van der Waals surface area contributed by atoms with Crippen molar-refractivity contribution in [3.8, 4) is 5.75 Å². The van der Waals surface area contributed by atoms with Gasteiger partial charge in [-0.1, -0.05) is 45.0 Å². The van der Waals surface area contributed by atoms with Crippen molar-refractivity contribution >= 4 is 29.3 Å². The maximum Gasteiger partial charge on any atom is 0.266 e. The highest BCUT2D eigenvalue weighted by atomic mass is 32.1. The quantitative estimate of drug-likeness (QED) is 0.722. The fraction of sp³-hybridized carbons (Fsp3) is 0.227. The van der Waals surface area contributed by atoms with Gasteiger partial charge in [0, 0.05) is 23.3 Å². The van der Waals surface area contributed by atoms with Crippen molar-refractivity contribution in [1.82, 2.24) is 9.97 Å². The van der Waals surface area contributed by atoms with E-state index in [-0.39, 0.29) is 11.3 Å². The molecule has 0 aliphatic rings. The number of pyridine rings is 1. The molecule has 0 bridgehead atoms. The first-order valence-electron chi connectivity index (χ1n) is 8.92. The number of thiazole rings is 1. The maximum absolute atomic E-state index is 12.3. The highest BCUT2D eigenvalue weighted by Crippen LogP contribution is 2.19. The van der Waals surface area contributed by atoms with Crippen LogP contribution in [0.1, 0.15) is 32.0 Å². The molecule has 0 unspecified atom stereocenters. The van der Waals surface area contributed by atoms with Crippen LogP contribution in [0.4, 0.5) is 0 Å². The van der Waals surface area contributed by atoms with E-state index >= 15 is 0 Å². The standard InChI is InChI=1S/C22H22N2O3S/c1-22(2,3)19(25)13-20-24-21(26)18(28-20)12-15-8-4-5-10-17(15)27-14-16-9-6-7-11-23-16/h4-13H,14H2,1-3H3,(H,24,26)/b18-12+,20-13+. The average Bonchev–Trinajstić information content (AvgIpc) is 3.00. The molecule has 0 saturated heterocycles. The van der Waals surface area contributed by atoms with E-state index in [1.54, 1.807) is 12.3 Å². The van der Waals surface area contributed by atoms with Gasteiger partial charge in [0.2, 0.25) is 0 Å². The van der Waals surface area contributed by atoms with E-state index in [4.69, 9.17) is 4.74 Å². The van der Waals surface area contributed by atoms with Gasteiger partial charge in [0.15, 0.2) is 5.78 Å². The fourth-order valence-electron chi connectivity index (χ4n) is 2.37. The van der Waals surface area contributed by atoms with Crippen molar-refractivity contribution in [2.45, 2.75) is 27.4 Å². The smallest absolute Gasteiger partial charge is 0.266 e. The van der Waals surface area contributed by atoms with Gasteiger partial charge in [0.1, 0.15) is 12.4 Å². The summed E-state index contributed by atoms with van der Waals surface area (Å²) in [6, 6.07) is 13.2. The van der Waals surface area contributed by atoms with E-state index in [1.165, 1.54) is 17.4 Å². The molecular weight excluding hydrogens is 372 g/mol. The fourth-order valence-corrected chi connectivity index (χ4v) is 3.24. The maximum atomic E-state index is 12.3. The third-order valence-corrected chi connectivity index (χ3v) is 4.95. The zero-order valence-corrected chi connectivity index (χ0v) is 16.9. The van der Waals surface area contributed by atoms with Crippen LogP contribution in [0.5, 0.6) is 5.75 Å². The van der Waals surface area contributed by atoms with Crippen LogP contribution in [-0.4, -0.2) is 15.8 Å². The molecule has 1 aromatic carbocycles. The minimum Gasteiger partial charge on any atom is -0.487 e. The van der Waals surface area contributed by atoms with Gasteiger partial charge >= 0.3 is 0 Å². The van der Waals surface area contributed by atoms with Crippen molar-refractivity contribution in [3.63, 3.8) is 0 Å². The van der Waals surface area contributed by atoms with Gasteiger partial charge in [-0.2, -0.15) is 0 Å². The zero-order chi connectivity index (χ0) is 20.1. The average molecular weight is 394 g/mol. The minimum atomic E-state index is -0.489. The van der Waals surface area contributed by atoms with Crippen LogP contribution in [-0.2, 0) is 11.4 Å². The molecule has 2 aromatic heterocycles. The van der Waals surface area contributed by atoms with Crippen molar-refractivity contribution in [1.29, 1.82) is 0 Å². The number of H-pyrrole nitrogens is 1. The molecule has 28 heavy (non-hydrogen) atoms. The predicted octanol–water partition coefficient (Wildman–Crippen LogP) is 2.63. The molecule has 0 amide bonds. The highest BCUT2D eigenvalue weighted by molar-refractivity contribution is 7.07. The predicted molar refractivity (Wildman–Crippen MR) is 112 cm³/mol. The Morgan fingerprint density at radius 2 is 1.93 bits per heavy atom. The zero-order valence-electron chi connectivity index (χ0n) is 16.1. The lowest BCUT2D eigenvalue weighted by Crippen LogP contribution is -2.22. The van der Waals surface area contributed by atoms with Gasteiger partial charge in [-0.05, 0) is 24.3 Å². The number of nitrogens with one attached hydrogen (secondary N) is 1. The summed E-state index contributed by atoms with van der Waals surface area (Å²) >= 11 is 1.25. The molecule has 3 rings (SSSR count). The molecule has 1 N–H and O–H groups in total. The third-order valence-electron chi connectivity index (χ3n) is 3.99. The first-order chi connectivity index (χ1) is 13.3. The second-order valence-corrected chi connectivity index (χ2v) is 8.42. The summed E-state index contributed by atoms with van der Waals surface area (Å²) in [5.41, 5.74) is 0.900. The first-order valence-corrected chi connectivity index (χ1v) is 9.73. The molecule has 3 aromatic rings. The molecule has 0 radical (unpaired) electrons. The third kappa shape index (κ3) is 5.04. The number of ether oxygens (including phenoxy) is 1. The number of nitrogens with zero attached hydrogens (tertiary/aromatic N) is 1. The largest absolute Gasteiger partial charge is 0.487 e. The van der Waals surface area contributed by atoms with Crippen molar-refractivity contribution < 1.29 is 9.53 Å². The molecule has 2 heterocycles. The van der Waals surface area contributed by atoms with Crippen LogP contribution >= 0.6 is 11.3 Å². The lowest BCUT2D eigenvalue weighted by molar-refractivity contribution is -0.119. The number of hydrogen-bond acceptors (Lipinski definition) is 5. The second-order valence-electron chi connectivity index (χ2n) is 7.34. The van der Waals surface area contributed by atoms with Gasteiger partial charge in [0.05, 0.1) is 14.9 Å². The number of aromatic nitrogens is 2. The van der Waals surface area contributed by atoms with E-state index in [2.05, 4.69) is 9.97 Å². The number of rotatable bonds is 5. The molecular formula is C22H22N2O3S. The van der Waals surface area contributed by atoms with E-state index in [0.29, 0.717) is 21.6 Å². The van der Waals surface area contributed by atoms with Gasteiger partial charge < -0.3 is 9.72 Å². The normalized spacial score (nSPS) is 13.0. The number of carbonyl (C=O) groups is 1. The van der Waals surface area contributed by atoms with Crippen LogP contribution in [0.3, 0.4) is 0 Å². The summed E-state index contributed by atoms with van der Waals surface area (Å²) in [5.74, 6) is 0.632. The molecule has 144 valence electrons. The van der Waals surface area contributed by atoms with Crippen LogP contribution in [0.15, 0.2) is 53.5 Å². The molecule has 0 aliphatic carbocycles. The molecule has 0 aliphatic heterocycles. The molecule has 5 nitrogen and oxygen atoms in total. The van der Waals surface area contributed by atoms with Crippen molar-refractivity contribution in [3.05, 3.63) is 79.5 Å². The van der Waals surface area contributed by atoms with Crippen LogP contribution in [0.25, 0.3) is 12.2 Å². The Balaban J connectivity index is 1.91. The molecule has 0 atom stereocenters. The van der Waals surface area contributed by atoms with E-state index in [1.807, 2.05) is 63.2 Å². The molecule has 6 heteroatoms. The SMILES string of the molecule is CC(C)(C)C(=O)/C=c1\[nH]c(=O)/c(=C\c2ccccc2OCc2ccccn2)s1. The number of Topliss-reactive ketones (excluding diaryl/α,β-unsaturated/α-hetero) is 1. The number of carbonyl (C=O) groups excluding carboxylic acids is 1.